The Morgan fingerprint density at radius 3 is 2.93 bits per heavy atom. The largest absolute Gasteiger partial charge is 0.361 e. The topological polar surface area (TPSA) is 87.9 Å². The Hall–Kier alpha value is -1.87. The van der Waals surface area contributed by atoms with Gasteiger partial charge in [0, 0.05) is 12.8 Å². The molecule has 0 aromatic carbocycles. The highest BCUT2D eigenvalue weighted by molar-refractivity contribution is 5.21. The lowest BCUT2D eigenvalue weighted by molar-refractivity contribution is 0.0842. The molecular weight excluding hydrogens is 186 g/mol. The first-order valence-electron chi connectivity index (χ1n) is 4.00. The molecule has 1 aromatic heterocycles. The van der Waals surface area contributed by atoms with Crippen LogP contribution < -0.4 is 11.2 Å². The van der Waals surface area contributed by atoms with Crippen molar-refractivity contribution in [2.75, 3.05) is 6.61 Å². The van der Waals surface area contributed by atoms with Gasteiger partial charge in [-0.2, -0.15) is 5.26 Å². The zero-order chi connectivity index (χ0) is 10.6. The number of H-pyrrole nitrogens is 1. The van der Waals surface area contributed by atoms with Gasteiger partial charge < -0.3 is 4.74 Å². The van der Waals surface area contributed by atoms with Gasteiger partial charge in [0.1, 0.15) is 18.4 Å². The molecule has 1 aromatic rings. The van der Waals surface area contributed by atoms with E-state index >= 15 is 0 Å². The quantitative estimate of drug-likeness (QED) is 0.697. The van der Waals surface area contributed by atoms with Gasteiger partial charge in [0.15, 0.2) is 0 Å². The number of ether oxygens (including phenoxy) is 1. The van der Waals surface area contributed by atoms with Crippen molar-refractivity contribution < 1.29 is 4.74 Å². The normalized spacial score (nSPS) is 9.71. The third-order valence-electron chi connectivity index (χ3n) is 1.57. The maximum absolute atomic E-state index is 11.1. The summed E-state index contributed by atoms with van der Waals surface area (Å²) in [5.74, 6) is 0. The maximum atomic E-state index is 11.1. The van der Waals surface area contributed by atoms with Gasteiger partial charge >= 0.3 is 5.69 Å². The lowest BCUT2D eigenvalue weighted by atomic mass is 10.4. The standard InChI is InChI=1S/C8H9N3O3/c1-2-14-5-11-4-6(3-9)7(12)10-8(11)13/h4H,2,5H2,1H3,(H,10,12,13). The third kappa shape index (κ3) is 2.08. The first-order valence-corrected chi connectivity index (χ1v) is 4.00. The van der Waals surface area contributed by atoms with Crippen molar-refractivity contribution in [3.8, 4) is 6.07 Å². The summed E-state index contributed by atoms with van der Waals surface area (Å²) >= 11 is 0. The zero-order valence-corrected chi connectivity index (χ0v) is 7.61. The van der Waals surface area contributed by atoms with Crippen LogP contribution >= 0.6 is 0 Å². The Morgan fingerprint density at radius 1 is 1.64 bits per heavy atom. The SMILES string of the molecule is CCOCn1cc(C#N)c(=O)[nH]c1=O. The van der Waals surface area contributed by atoms with Gasteiger partial charge in [0.2, 0.25) is 0 Å². The molecular formula is C8H9N3O3. The molecule has 0 saturated heterocycles. The summed E-state index contributed by atoms with van der Waals surface area (Å²) < 4.78 is 6.10. The molecule has 0 bridgehead atoms. The molecule has 0 unspecified atom stereocenters. The van der Waals surface area contributed by atoms with E-state index in [2.05, 4.69) is 0 Å². The molecule has 0 aliphatic rings. The Morgan fingerprint density at radius 2 is 2.36 bits per heavy atom. The molecule has 1 N–H and O–H groups in total. The van der Waals surface area contributed by atoms with E-state index < -0.39 is 11.2 Å². The van der Waals surface area contributed by atoms with Gasteiger partial charge in [-0.15, -0.1) is 0 Å². The summed E-state index contributed by atoms with van der Waals surface area (Å²) in [6.07, 6.45) is 1.18. The highest BCUT2D eigenvalue weighted by atomic mass is 16.5. The van der Waals surface area contributed by atoms with E-state index in [4.69, 9.17) is 10.00 Å². The van der Waals surface area contributed by atoms with E-state index in [0.29, 0.717) is 6.61 Å². The Bertz CT molecular complexity index is 466. The van der Waals surface area contributed by atoms with Gasteiger partial charge in [0.25, 0.3) is 5.56 Å². The van der Waals surface area contributed by atoms with E-state index in [1.165, 1.54) is 6.20 Å². The molecule has 1 heterocycles. The van der Waals surface area contributed by atoms with Crippen molar-refractivity contribution in [1.29, 1.82) is 5.26 Å². The Balaban J connectivity index is 3.13. The fourth-order valence-corrected chi connectivity index (χ4v) is 0.875. The molecule has 0 fully saturated rings. The number of hydrogen-bond acceptors (Lipinski definition) is 4. The van der Waals surface area contributed by atoms with Crippen molar-refractivity contribution in [1.82, 2.24) is 9.55 Å². The summed E-state index contributed by atoms with van der Waals surface area (Å²) in [6, 6.07) is 1.68. The molecule has 14 heavy (non-hydrogen) atoms. The number of nitrogens with one attached hydrogen (secondary N) is 1. The number of aromatic amines is 1. The molecule has 0 amide bonds. The molecule has 0 spiro atoms. The van der Waals surface area contributed by atoms with Crippen LogP contribution in [0, 0.1) is 11.3 Å². The van der Waals surface area contributed by atoms with Crippen LogP contribution in [0.25, 0.3) is 0 Å². The lowest BCUT2D eigenvalue weighted by Crippen LogP contribution is -2.31. The fraction of sp³-hybridized carbons (Fsp3) is 0.375. The molecule has 6 heteroatoms. The molecule has 0 aliphatic heterocycles. The number of rotatable bonds is 3. The minimum atomic E-state index is -0.676. The first kappa shape index (κ1) is 10.2. The number of hydrogen-bond donors (Lipinski definition) is 1. The third-order valence-corrected chi connectivity index (χ3v) is 1.57. The van der Waals surface area contributed by atoms with E-state index in [1.54, 1.807) is 13.0 Å². The summed E-state index contributed by atoms with van der Waals surface area (Å²) in [5, 5.41) is 8.53. The van der Waals surface area contributed by atoms with Crippen molar-refractivity contribution in [3.63, 3.8) is 0 Å². The minimum absolute atomic E-state index is 0.0286. The van der Waals surface area contributed by atoms with E-state index in [9.17, 15) is 9.59 Å². The Kier molecular flexibility index (Phi) is 3.20. The smallest absolute Gasteiger partial charge is 0.330 e. The van der Waals surface area contributed by atoms with Gasteiger partial charge in [-0.05, 0) is 6.92 Å². The van der Waals surface area contributed by atoms with Crippen LogP contribution in [0.2, 0.25) is 0 Å². The lowest BCUT2D eigenvalue weighted by Gasteiger charge is -2.03. The second kappa shape index (κ2) is 4.39. The summed E-state index contributed by atoms with van der Waals surface area (Å²) in [5.41, 5.74) is -1.36. The second-order valence-electron chi connectivity index (χ2n) is 2.51. The first-order chi connectivity index (χ1) is 6.69. The summed E-state index contributed by atoms with van der Waals surface area (Å²) in [6.45, 7) is 2.26. The van der Waals surface area contributed by atoms with Crippen LogP contribution in [0.4, 0.5) is 0 Å². The van der Waals surface area contributed by atoms with Gasteiger partial charge in [-0.3, -0.25) is 14.3 Å². The molecule has 1 rings (SSSR count). The van der Waals surface area contributed by atoms with Crippen molar-refractivity contribution in [2.24, 2.45) is 0 Å². The van der Waals surface area contributed by atoms with Crippen LogP contribution in [-0.4, -0.2) is 16.2 Å². The average Bonchev–Trinajstić information content (AvgIpc) is 2.17. The van der Waals surface area contributed by atoms with E-state index in [-0.39, 0.29) is 12.3 Å². The predicted molar refractivity (Wildman–Crippen MR) is 47.7 cm³/mol. The van der Waals surface area contributed by atoms with Crippen LogP contribution in [0.3, 0.4) is 0 Å². The second-order valence-corrected chi connectivity index (χ2v) is 2.51. The highest BCUT2D eigenvalue weighted by Gasteiger charge is 2.02. The van der Waals surface area contributed by atoms with Crippen LogP contribution in [-0.2, 0) is 11.5 Å². The van der Waals surface area contributed by atoms with Crippen molar-refractivity contribution in [3.05, 3.63) is 32.6 Å². The van der Waals surface area contributed by atoms with Gasteiger partial charge in [-0.25, -0.2) is 4.79 Å². The molecule has 6 nitrogen and oxygen atoms in total. The van der Waals surface area contributed by atoms with Gasteiger partial charge in [0.05, 0.1) is 0 Å². The summed E-state index contributed by atoms with van der Waals surface area (Å²) in [7, 11) is 0. The monoisotopic (exact) mass is 195 g/mol. The van der Waals surface area contributed by atoms with Crippen LogP contribution in [0.1, 0.15) is 12.5 Å². The molecule has 0 radical (unpaired) electrons. The van der Waals surface area contributed by atoms with Crippen LogP contribution in [0.5, 0.6) is 0 Å². The number of aromatic nitrogens is 2. The molecule has 0 aliphatic carbocycles. The molecule has 74 valence electrons. The van der Waals surface area contributed by atoms with E-state index in [1.807, 2.05) is 4.98 Å². The minimum Gasteiger partial charge on any atom is -0.361 e. The zero-order valence-electron chi connectivity index (χ0n) is 7.61. The Labute approximate surface area is 79.4 Å². The molecule has 0 atom stereocenters. The summed E-state index contributed by atoms with van der Waals surface area (Å²) in [4.78, 5) is 24.1. The van der Waals surface area contributed by atoms with E-state index in [0.717, 1.165) is 4.57 Å². The average molecular weight is 195 g/mol. The highest BCUT2D eigenvalue weighted by Crippen LogP contribution is 1.85. The number of nitriles is 1. The number of nitrogens with zero attached hydrogens (tertiary/aromatic N) is 2. The fourth-order valence-electron chi connectivity index (χ4n) is 0.875. The van der Waals surface area contributed by atoms with Crippen molar-refractivity contribution >= 4 is 0 Å². The van der Waals surface area contributed by atoms with Gasteiger partial charge in [-0.1, -0.05) is 0 Å². The molecule has 0 saturated carbocycles. The van der Waals surface area contributed by atoms with Crippen molar-refractivity contribution in [2.45, 2.75) is 13.7 Å². The van der Waals surface area contributed by atoms with Crippen LogP contribution in [0.15, 0.2) is 15.8 Å². The predicted octanol–water partition coefficient (Wildman–Crippen LogP) is -0.598. The maximum Gasteiger partial charge on any atom is 0.330 e.